The molecule has 0 spiro atoms. The number of para-hydroxylation sites is 1. The lowest BCUT2D eigenvalue weighted by Gasteiger charge is -2.19. The molecule has 1 amide bonds. The van der Waals surface area contributed by atoms with E-state index in [1.807, 2.05) is 13.8 Å². The van der Waals surface area contributed by atoms with Crippen LogP contribution in [0, 0.1) is 0 Å². The predicted octanol–water partition coefficient (Wildman–Crippen LogP) is 1.64. The monoisotopic (exact) mass is 279 g/mol. The lowest BCUT2D eigenvalue weighted by molar-refractivity contribution is -0.130. The Morgan fingerprint density at radius 3 is 2.50 bits per heavy atom. The minimum Gasteiger partial charge on any atom is -0.478 e. The van der Waals surface area contributed by atoms with E-state index in [0.29, 0.717) is 37.4 Å². The van der Waals surface area contributed by atoms with Gasteiger partial charge in [-0.15, -0.1) is 0 Å². The largest absolute Gasteiger partial charge is 0.478 e. The van der Waals surface area contributed by atoms with Crippen molar-refractivity contribution in [3.05, 3.63) is 23.8 Å². The number of amides is 1. The predicted molar refractivity (Wildman–Crippen MR) is 78.8 cm³/mol. The molecule has 110 valence electrons. The van der Waals surface area contributed by atoms with Crippen LogP contribution in [0.1, 0.15) is 30.6 Å². The molecule has 0 aliphatic heterocycles. The van der Waals surface area contributed by atoms with Crippen molar-refractivity contribution in [3.8, 4) is 0 Å². The van der Waals surface area contributed by atoms with Crippen molar-refractivity contribution in [2.24, 2.45) is 0 Å². The van der Waals surface area contributed by atoms with Crippen LogP contribution in [0.5, 0.6) is 0 Å². The van der Waals surface area contributed by atoms with Crippen molar-refractivity contribution in [2.45, 2.75) is 20.3 Å². The minimum atomic E-state index is -1.05. The van der Waals surface area contributed by atoms with Gasteiger partial charge in [-0.25, -0.2) is 4.79 Å². The van der Waals surface area contributed by atoms with E-state index in [1.54, 1.807) is 17.0 Å². The SMILES string of the molecule is CCN(CC)C(=O)CCNc1c(N)cccc1C(=O)O. The van der Waals surface area contributed by atoms with Crippen LogP contribution in [-0.2, 0) is 4.79 Å². The van der Waals surface area contributed by atoms with Crippen LogP contribution in [0.15, 0.2) is 18.2 Å². The third-order valence-electron chi connectivity index (χ3n) is 3.08. The van der Waals surface area contributed by atoms with Crippen LogP contribution in [-0.4, -0.2) is 41.5 Å². The summed E-state index contributed by atoms with van der Waals surface area (Å²) in [5, 5.41) is 12.0. The van der Waals surface area contributed by atoms with Crippen LogP contribution in [0.2, 0.25) is 0 Å². The van der Waals surface area contributed by atoms with Crippen molar-refractivity contribution >= 4 is 23.3 Å². The van der Waals surface area contributed by atoms with Crippen LogP contribution >= 0.6 is 0 Å². The fraction of sp³-hybridized carbons (Fsp3) is 0.429. The number of benzene rings is 1. The molecule has 0 aliphatic rings. The number of hydrogen-bond donors (Lipinski definition) is 3. The molecule has 0 aliphatic carbocycles. The average Bonchev–Trinajstić information content (AvgIpc) is 2.41. The molecule has 1 rings (SSSR count). The van der Waals surface area contributed by atoms with Gasteiger partial charge in [-0.3, -0.25) is 4.79 Å². The number of carboxylic acid groups (broad SMARTS) is 1. The van der Waals surface area contributed by atoms with E-state index < -0.39 is 5.97 Å². The molecule has 1 aromatic carbocycles. The van der Waals surface area contributed by atoms with Crippen molar-refractivity contribution in [2.75, 3.05) is 30.7 Å². The first-order valence-corrected chi connectivity index (χ1v) is 6.64. The highest BCUT2D eigenvalue weighted by atomic mass is 16.4. The zero-order valence-electron chi connectivity index (χ0n) is 11.8. The summed E-state index contributed by atoms with van der Waals surface area (Å²) in [6.07, 6.45) is 0.301. The zero-order chi connectivity index (χ0) is 15.1. The van der Waals surface area contributed by atoms with Gasteiger partial charge in [0.05, 0.1) is 16.9 Å². The molecule has 0 heterocycles. The Hall–Kier alpha value is -2.24. The van der Waals surface area contributed by atoms with Crippen LogP contribution in [0.25, 0.3) is 0 Å². The molecule has 0 fully saturated rings. The van der Waals surface area contributed by atoms with E-state index in [2.05, 4.69) is 5.32 Å². The first kappa shape index (κ1) is 15.8. The average molecular weight is 279 g/mol. The summed E-state index contributed by atoms with van der Waals surface area (Å²) < 4.78 is 0. The Bertz CT molecular complexity index is 485. The normalized spacial score (nSPS) is 10.1. The maximum absolute atomic E-state index is 11.8. The lowest BCUT2D eigenvalue weighted by Crippen LogP contribution is -2.31. The van der Waals surface area contributed by atoms with E-state index in [-0.39, 0.29) is 11.5 Å². The molecule has 6 heteroatoms. The fourth-order valence-electron chi connectivity index (χ4n) is 1.97. The Morgan fingerprint density at radius 1 is 1.30 bits per heavy atom. The molecule has 4 N–H and O–H groups in total. The summed E-state index contributed by atoms with van der Waals surface area (Å²) in [7, 11) is 0. The molecule has 0 atom stereocenters. The number of aromatic carboxylic acids is 1. The van der Waals surface area contributed by atoms with Crippen molar-refractivity contribution in [1.29, 1.82) is 0 Å². The van der Waals surface area contributed by atoms with Gasteiger partial charge in [-0.1, -0.05) is 6.07 Å². The number of hydrogen-bond acceptors (Lipinski definition) is 4. The van der Waals surface area contributed by atoms with E-state index in [1.165, 1.54) is 6.07 Å². The second kappa shape index (κ2) is 7.37. The second-order valence-corrected chi connectivity index (χ2v) is 4.32. The number of rotatable bonds is 7. The Kier molecular flexibility index (Phi) is 5.83. The van der Waals surface area contributed by atoms with Gasteiger partial charge in [0.25, 0.3) is 0 Å². The fourth-order valence-corrected chi connectivity index (χ4v) is 1.97. The summed E-state index contributed by atoms with van der Waals surface area (Å²) >= 11 is 0. The smallest absolute Gasteiger partial charge is 0.337 e. The highest BCUT2D eigenvalue weighted by molar-refractivity contribution is 5.97. The second-order valence-electron chi connectivity index (χ2n) is 4.32. The molecule has 0 bridgehead atoms. The molecule has 1 aromatic rings. The Labute approximate surface area is 118 Å². The number of carbonyl (C=O) groups excluding carboxylic acids is 1. The lowest BCUT2D eigenvalue weighted by atomic mass is 10.1. The number of nitrogens with two attached hydrogens (primary N) is 1. The molecule has 6 nitrogen and oxygen atoms in total. The van der Waals surface area contributed by atoms with Gasteiger partial charge in [-0.05, 0) is 26.0 Å². The Balaban J connectivity index is 2.67. The Morgan fingerprint density at radius 2 is 1.95 bits per heavy atom. The molecular weight excluding hydrogens is 258 g/mol. The van der Waals surface area contributed by atoms with Gasteiger partial charge < -0.3 is 21.1 Å². The van der Waals surface area contributed by atoms with E-state index in [0.717, 1.165) is 0 Å². The molecule has 0 radical (unpaired) electrons. The third-order valence-corrected chi connectivity index (χ3v) is 3.08. The van der Waals surface area contributed by atoms with Gasteiger partial charge in [0.15, 0.2) is 0 Å². The number of carbonyl (C=O) groups is 2. The highest BCUT2D eigenvalue weighted by Gasteiger charge is 2.13. The summed E-state index contributed by atoms with van der Waals surface area (Å²) in [6.45, 7) is 5.54. The number of carboxylic acids is 1. The summed E-state index contributed by atoms with van der Waals surface area (Å²) in [5.74, 6) is -1.01. The van der Waals surface area contributed by atoms with Crippen LogP contribution in [0.4, 0.5) is 11.4 Å². The summed E-state index contributed by atoms with van der Waals surface area (Å²) in [4.78, 5) is 24.7. The zero-order valence-corrected chi connectivity index (χ0v) is 11.8. The van der Waals surface area contributed by atoms with Crippen molar-refractivity contribution in [1.82, 2.24) is 4.90 Å². The maximum Gasteiger partial charge on any atom is 0.337 e. The van der Waals surface area contributed by atoms with Gasteiger partial charge in [0.2, 0.25) is 5.91 Å². The van der Waals surface area contributed by atoms with E-state index in [9.17, 15) is 9.59 Å². The first-order chi connectivity index (χ1) is 9.51. The van der Waals surface area contributed by atoms with Crippen LogP contribution < -0.4 is 11.1 Å². The van der Waals surface area contributed by atoms with Gasteiger partial charge in [-0.2, -0.15) is 0 Å². The molecule has 0 saturated carbocycles. The van der Waals surface area contributed by atoms with Crippen molar-refractivity contribution < 1.29 is 14.7 Å². The minimum absolute atomic E-state index is 0.0360. The summed E-state index contributed by atoms with van der Waals surface area (Å²) in [5.41, 5.74) is 6.61. The quantitative estimate of drug-likeness (QED) is 0.659. The standard InChI is InChI=1S/C14H21N3O3/c1-3-17(4-2)12(18)8-9-16-13-10(14(19)20)6-5-7-11(13)15/h5-7,16H,3-4,8-9,15H2,1-2H3,(H,19,20). The molecule has 20 heavy (non-hydrogen) atoms. The molecule has 0 aromatic heterocycles. The van der Waals surface area contributed by atoms with Crippen molar-refractivity contribution in [3.63, 3.8) is 0 Å². The van der Waals surface area contributed by atoms with Gasteiger partial charge >= 0.3 is 5.97 Å². The topological polar surface area (TPSA) is 95.7 Å². The number of nitrogen functional groups attached to an aromatic ring is 1. The first-order valence-electron chi connectivity index (χ1n) is 6.64. The van der Waals surface area contributed by atoms with Crippen LogP contribution in [0.3, 0.4) is 0 Å². The van der Waals surface area contributed by atoms with Gasteiger partial charge in [0, 0.05) is 26.1 Å². The highest BCUT2D eigenvalue weighted by Crippen LogP contribution is 2.23. The van der Waals surface area contributed by atoms with E-state index >= 15 is 0 Å². The van der Waals surface area contributed by atoms with Gasteiger partial charge in [0.1, 0.15) is 0 Å². The molecule has 0 saturated heterocycles. The molecule has 0 unspecified atom stereocenters. The number of anilines is 2. The maximum atomic E-state index is 11.8. The summed E-state index contributed by atoms with van der Waals surface area (Å²) in [6, 6.07) is 4.69. The molecular formula is C14H21N3O3. The number of nitrogens with one attached hydrogen (secondary N) is 1. The number of nitrogens with zero attached hydrogens (tertiary/aromatic N) is 1. The third kappa shape index (κ3) is 3.88. The van der Waals surface area contributed by atoms with E-state index in [4.69, 9.17) is 10.8 Å².